The third kappa shape index (κ3) is 2.77. The number of para-hydroxylation sites is 1. The van der Waals surface area contributed by atoms with Gasteiger partial charge < -0.3 is 4.74 Å². The van der Waals surface area contributed by atoms with Crippen molar-refractivity contribution in [3.63, 3.8) is 0 Å². The number of hydrogen-bond donors (Lipinski definition) is 1. The van der Waals surface area contributed by atoms with E-state index >= 15 is 0 Å². The second kappa shape index (κ2) is 5.94. The Hall–Kier alpha value is -2.11. The Morgan fingerprint density at radius 2 is 2.09 bits per heavy atom. The number of methoxy groups -OCH3 is 1. The number of aryl methyl sites for hydroxylation is 1. The van der Waals surface area contributed by atoms with Gasteiger partial charge in [-0.05, 0) is 36.8 Å². The molecule has 0 aliphatic heterocycles. The van der Waals surface area contributed by atoms with Crippen molar-refractivity contribution in [2.24, 2.45) is 0 Å². The number of nitrogens with zero attached hydrogens (tertiary/aromatic N) is 1. The van der Waals surface area contributed by atoms with Gasteiger partial charge in [0.15, 0.2) is 5.13 Å². The van der Waals surface area contributed by atoms with E-state index < -0.39 is 0 Å². The number of amides is 1. The van der Waals surface area contributed by atoms with Crippen LogP contribution in [-0.4, -0.2) is 18.0 Å². The maximum absolute atomic E-state index is 12.4. The van der Waals surface area contributed by atoms with Crippen molar-refractivity contribution in [2.75, 3.05) is 12.4 Å². The predicted molar refractivity (Wildman–Crippen MR) is 90.3 cm³/mol. The molecule has 0 aliphatic carbocycles. The highest BCUT2D eigenvalue weighted by Crippen LogP contribution is 2.31. The molecular weight excluding hydrogens is 320 g/mol. The van der Waals surface area contributed by atoms with E-state index in [2.05, 4.69) is 10.3 Å². The number of halogens is 1. The van der Waals surface area contributed by atoms with Crippen LogP contribution in [0.25, 0.3) is 10.2 Å². The Labute approximate surface area is 136 Å². The number of thiazole rings is 1. The number of rotatable bonds is 3. The predicted octanol–water partition coefficient (Wildman–Crippen LogP) is 4.52. The van der Waals surface area contributed by atoms with Gasteiger partial charge in [0.25, 0.3) is 5.91 Å². The molecule has 2 aromatic carbocycles. The highest BCUT2D eigenvalue weighted by atomic mass is 35.5. The molecule has 0 bridgehead atoms. The molecule has 0 radical (unpaired) electrons. The summed E-state index contributed by atoms with van der Waals surface area (Å²) in [6.45, 7) is 1.94. The number of hydrogen-bond acceptors (Lipinski definition) is 4. The molecular formula is C16H13ClN2O2S. The highest BCUT2D eigenvalue weighted by Gasteiger charge is 2.14. The zero-order valence-corrected chi connectivity index (χ0v) is 13.6. The lowest BCUT2D eigenvalue weighted by Crippen LogP contribution is -2.12. The third-order valence-corrected chi connectivity index (χ3v) is 4.58. The number of anilines is 1. The molecule has 6 heteroatoms. The summed E-state index contributed by atoms with van der Waals surface area (Å²) in [5, 5.41) is 4.01. The molecule has 0 saturated carbocycles. The second-order valence-corrected chi connectivity index (χ2v) is 6.18. The van der Waals surface area contributed by atoms with Crippen LogP contribution in [0, 0.1) is 6.92 Å². The normalized spacial score (nSPS) is 10.7. The molecule has 4 nitrogen and oxygen atoms in total. The van der Waals surface area contributed by atoms with Crippen LogP contribution in [0.4, 0.5) is 5.13 Å². The van der Waals surface area contributed by atoms with Crippen LogP contribution in [0.5, 0.6) is 5.75 Å². The van der Waals surface area contributed by atoms with Gasteiger partial charge in [0.1, 0.15) is 5.75 Å². The van der Waals surface area contributed by atoms with Crippen LogP contribution in [0.3, 0.4) is 0 Å². The molecule has 3 rings (SSSR count). The molecule has 0 atom stereocenters. The lowest BCUT2D eigenvalue weighted by molar-refractivity contribution is 0.102. The monoisotopic (exact) mass is 332 g/mol. The number of carbonyl (C=O) groups is 1. The van der Waals surface area contributed by atoms with E-state index in [0.29, 0.717) is 21.5 Å². The van der Waals surface area contributed by atoms with Crippen molar-refractivity contribution in [1.82, 2.24) is 4.98 Å². The van der Waals surface area contributed by atoms with Gasteiger partial charge in [-0.1, -0.05) is 35.1 Å². The van der Waals surface area contributed by atoms with Crippen molar-refractivity contribution in [3.05, 3.63) is 52.5 Å². The molecule has 0 aliphatic rings. The van der Waals surface area contributed by atoms with Gasteiger partial charge in [0.05, 0.1) is 22.9 Å². The number of aromatic nitrogens is 1. The van der Waals surface area contributed by atoms with Gasteiger partial charge >= 0.3 is 0 Å². The van der Waals surface area contributed by atoms with Crippen molar-refractivity contribution < 1.29 is 9.53 Å². The van der Waals surface area contributed by atoms with Gasteiger partial charge in [-0.2, -0.15) is 0 Å². The van der Waals surface area contributed by atoms with Crippen LogP contribution in [-0.2, 0) is 0 Å². The highest BCUT2D eigenvalue weighted by molar-refractivity contribution is 7.22. The fourth-order valence-electron chi connectivity index (χ4n) is 2.10. The first-order valence-electron chi connectivity index (χ1n) is 6.59. The summed E-state index contributed by atoms with van der Waals surface area (Å²) < 4.78 is 6.18. The molecule has 0 spiro atoms. The number of nitrogens with one attached hydrogen (secondary N) is 1. The van der Waals surface area contributed by atoms with Crippen molar-refractivity contribution in [2.45, 2.75) is 6.92 Å². The summed E-state index contributed by atoms with van der Waals surface area (Å²) in [5.74, 6) is 0.277. The first-order valence-corrected chi connectivity index (χ1v) is 7.79. The summed E-state index contributed by atoms with van der Waals surface area (Å²) in [4.78, 5) is 16.8. The fourth-order valence-corrected chi connectivity index (χ4v) is 3.20. The van der Waals surface area contributed by atoms with Crippen LogP contribution in [0.15, 0.2) is 36.4 Å². The van der Waals surface area contributed by atoms with Gasteiger partial charge in [-0.3, -0.25) is 10.1 Å². The van der Waals surface area contributed by atoms with Crippen LogP contribution < -0.4 is 10.1 Å². The molecule has 0 fully saturated rings. The summed E-state index contributed by atoms with van der Waals surface area (Å²) >= 11 is 7.51. The number of carbonyl (C=O) groups excluding carboxylic acids is 1. The first-order chi connectivity index (χ1) is 10.6. The maximum atomic E-state index is 12.4. The molecule has 0 unspecified atom stereocenters. The number of benzene rings is 2. The second-order valence-electron chi connectivity index (χ2n) is 4.74. The topological polar surface area (TPSA) is 51.2 Å². The summed E-state index contributed by atoms with van der Waals surface area (Å²) in [6.07, 6.45) is 0. The third-order valence-electron chi connectivity index (χ3n) is 3.24. The Morgan fingerprint density at radius 3 is 2.86 bits per heavy atom. The Kier molecular flexibility index (Phi) is 4.00. The SMILES string of the molecule is COc1ccccc1C(=O)Nc1nc2cc(Cl)c(C)cc2s1. The Balaban J connectivity index is 1.91. The average Bonchev–Trinajstić information content (AvgIpc) is 2.88. The quantitative estimate of drug-likeness (QED) is 0.767. The van der Waals surface area contributed by atoms with Gasteiger partial charge in [-0.25, -0.2) is 4.98 Å². The number of ether oxygens (including phenoxy) is 1. The molecule has 0 saturated heterocycles. The van der Waals surface area contributed by atoms with Crippen molar-refractivity contribution in [1.29, 1.82) is 0 Å². The van der Waals surface area contributed by atoms with E-state index in [1.54, 1.807) is 18.2 Å². The van der Waals surface area contributed by atoms with E-state index in [9.17, 15) is 4.79 Å². The molecule has 1 amide bonds. The molecule has 22 heavy (non-hydrogen) atoms. The minimum absolute atomic E-state index is 0.251. The van der Waals surface area contributed by atoms with E-state index in [4.69, 9.17) is 16.3 Å². The maximum Gasteiger partial charge on any atom is 0.261 e. The summed E-state index contributed by atoms with van der Waals surface area (Å²) in [6, 6.07) is 10.8. The molecule has 1 N–H and O–H groups in total. The van der Waals surface area contributed by atoms with E-state index in [-0.39, 0.29) is 5.91 Å². The van der Waals surface area contributed by atoms with Gasteiger partial charge in [0, 0.05) is 5.02 Å². The lowest BCUT2D eigenvalue weighted by Gasteiger charge is -2.06. The van der Waals surface area contributed by atoms with Crippen molar-refractivity contribution in [3.8, 4) is 5.75 Å². The summed E-state index contributed by atoms with van der Waals surface area (Å²) in [7, 11) is 1.54. The first kappa shape index (κ1) is 14.8. The van der Waals surface area contributed by atoms with E-state index in [0.717, 1.165) is 15.8 Å². The molecule has 1 heterocycles. The standard InChI is InChI=1S/C16H13ClN2O2S/c1-9-7-14-12(8-11(9)17)18-16(22-14)19-15(20)10-5-3-4-6-13(10)21-2/h3-8H,1-2H3,(H,18,19,20). The average molecular weight is 333 g/mol. The van der Waals surface area contributed by atoms with E-state index in [1.807, 2.05) is 25.1 Å². The van der Waals surface area contributed by atoms with Crippen LogP contribution >= 0.6 is 22.9 Å². The van der Waals surface area contributed by atoms with Crippen molar-refractivity contribution >= 4 is 44.2 Å². The Morgan fingerprint density at radius 1 is 1.32 bits per heavy atom. The minimum Gasteiger partial charge on any atom is -0.496 e. The minimum atomic E-state index is -0.251. The lowest BCUT2D eigenvalue weighted by atomic mass is 10.2. The molecule has 3 aromatic rings. The zero-order valence-electron chi connectivity index (χ0n) is 12.0. The molecule has 1 aromatic heterocycles. The smallest absolute Gasteiger partial charge is 0.261 e. The van der Waals surface area contributed by atoms with E-state index in [1.165, 1.54) is 18.4 Å². The fraction of sp³-hybridized carbons (Fsp3) is 0.125. The largest absolute Gasteiger partial charge is 0.496 e. The van der Waals surface area contributed by atoms with Gasteiger partial charge in [-0.15, -0.1) is 0 Å². The Bertz CT molecular complexity index is 821. The van der Waals surface area contributed by atoms with Gasteiger partial charge in [0.2, 0.25) is 0 Å². The number of fused-ring (bicyclic) bond motifs is 1. The molecule has 112 valence electrons. The zero-order chi connectivity index (χ0) is 15.7. The summed E-state index contributed by atoms with van der Waals surface area (Å²) in [5.41, 5.74) is 2.23. The van der Waals surface area contributed by atoms with Crippen LogP contribution in [0.2, 0.25) is 5.02 Å². The van der Waals surface area contributed by atoms with Crippen LogP contribution in [0.1, 0.15) is 15.9 Å².